The van der Waals surface area contributed by atoms with Crippen molar-refractivity contribution in [2.75, 3.05) is 7.11 Å². The Hall–Kier alpha value is -1.82. The molecule has 1 spiro atoms. The minimum absolute atomic E-state index is 0.0785. The maximum atomic E-state index is 13.0. The first kappa shape index (κ1) is 15.7. The van der Waals surface area contributed by atoms with E-state index < -0.39 is 0 Å². The van der Waals surface area contributed by atoms with E-state index in [1.54, 1.807) is 7.11 Å². The van der Waals surface area contributed by atoms with Gasteiger partial charge in [-0.15, -0.1) is 11.8 Å². The number of benzene rings is 1. The number of imidazole rings is 1. The van der Waals surface area contributed by atoms with Crippen LogP contribution in [0.4, 0.5) is 0 Å². The van der Waals surface area contributed by atoms with Gasteiger partial charge in [0.15, 0.2) is 0 Å². The lowest BCUT2D eigenvalue weighted by Gasteiger charge is -2.33. The van der Waals surface area contributed by atoms with Crippen LogP contribution in [0.3, 0.4) is 0 Å². The molecule has 0 radical (unpaired) electrons. The van der Waals surface area contributed by atoms with Crippen LogP contribution in [-0.4, -0.2) is 21.4 Å². The topological polar surface area (TPSA) is 56.4 Å². The summed E-state index contributed by atoms with van der Waals surface area (Å²) in [5.41, 5.74) is 1.69. The van der Waals surface area contributed by atoms with E-state index in [9.17, 15) is 9.90 Å². The molecule has 0 bridgehead atoms. The molecule has 6 heteroatoms. The van der Waals surface area contributed by atoms with E-state index in [0.29, 0.717) is 6.54 Å². The lowest BCUT2D eigenvalue weighted by molar-refractivity contribution is 0.306. The van der Waals surface area contributed by atoms with Crippen LogP contribution in [0.5, 0.6) is 11.6 Å². The van der Waals surface area contributed by atoms with Crippen LogP contribution in [0.25, 0.3) is 0 Å². The van der Waals surface area contributed by atoms with Gasteiger partial charge in [-0.3, -0.25) is 9.13 Å². The van der Waals surface area contributed by atoms with Crippen molar-refractivity contribution in [2.45, 2.75) is 49.3 Å². The lowest BCUT2D eigenvalue weighted by Crippen LogP contribution is -2.38. The Balaban J connectivity index is 1.70. The number of aromatic hydroxyl groups is 1. The summed E-state index contributed by atoms with van der Waals surface area (Å²) in [5, 5.41) is 10.6. The maximum absolute atomic E-state index is 13.0. The molecular formula is C18H22N2O3S. The molecule has 5 nitrogen and oxygen atoms in total. The number of hydrogen-bond acceptors (Lipinski definition) is 4. The molecule has 1 aliphatic heterocycles. The Bertz CT molecular complexity index is 801. The normalized spacial score (nSPS) is 18.7. The molecule has 2 aliphatic rings. The van der Waals surface area contributed by atoms with Crippen LogP contribution in [0.15, 0.2) is 29.1 Å². The number of rotatable bonds is 3. The first-order chi connectivity index (χ1) is 11.6. The van der Waals surface area contributed by atoms with E-state index in [-0.39, 0.29) is 16.4 Å². The summed E-state index contributed by atoms with van der Waals surface area (Å²) in [4.78, 5) is 12.9. The zero-order valence-electron chi connectivity index (χ0n) is 13.8. The molecule has 0 saturated heterocycles. The standard InChI is InChI=1S/C18H22N2O3S/c1-23-14-7-5-13(6-8-14)11-19-16(21)15-12-24-18(20(15)17(19)22)9-3-2-4-10-18/h5-8,21H,2-4,9-12H2,1H3. The highest BCUT2D eigenvalue weighted by Gasteiger charge is 2.44. The molecule has 0 atom stereocenters. The zero-order chi connectivity index (χ0) is 16.7. The van der Waals surface area contributed by atoms with Gasteiger partial charge in [0.2, 0.25) is 5.88 Å². The highest BCUT2D eigenvalue weighted by Crippen LogP contribution is 2.51. The second kappa shape index (κ2) is 5.92. The second-order valence-electron chi connectivity index (χ2n) is 6.62. The van der Waals surface area contributed by atoms with Gasteiger partial charge in [-0.1, -0.05) is 31.4 Å². The van der Waals surface area contributed by atoms with Crippen molar-refractivity contribution in [2.24, 2.45) is 0 Å². The van der Waals surface area contributed by atoms with Crippen LogP contribution in [-0.2, 0) is 17.2 Å². The first-order valence-electron chi connectivity index (χ1n) is 8.45. The number of aromatic nitrogens is 2. The minimum atomic E-state index is -0.132. The average Bonchev–Trinajstić information content (AvgIpc) is 3.09. The van der Waals surface area contributed by atoms with E-state index in [2.05, 4.69) is 0 Å². The summed E-state index contributed by atoms with van der Waals surface area (Å²) >= 11 is 1.82. The van der Waals surface area contributed by atoms with Gasteiger partial charge in [-0.05, 0) is 30.5 Å². The van der Waals surface area contributed by atoms with E-state index in [1.165, 1.54) is 11.0 Å². The maximum Gasteiger partial charge on any atom is 0.332 e. The highest BCUT2D eigenvalue weighted by molar-refractivity contribution is 7.99. The predicted octanol–water partition coefficient (Wildman–Crippen LogP) is 3.28. The molecule has 1 aromatic carbocycles. The lowest BCUT2D eigenvalue weighted by atomic mass is 9.94. The van der Waals surface area contributed by atoms with Crippen LogP contribution >= 0.6 is 11.8 Å². The monoisotopic (exact) mass is 346 g/mol. The molecular weight excluding hydrogens is 324 g/mol. The van der Waals surface area contributed by atoms with Crippen molar-refractivity contribution < 1.29 is 9.84 Å². The molecule has 1 aromatic heterocycles. The summed E-state index contributed by atoms with van der Waals surface area (Å²) in [7, 11) is 1.63. The summed E-state index contributed by atoms with van der Waals surface area (Å²) in [5.74, 6) is 1.63. The quantitative estimate of drug-likeness (QED) is 0.927. The molecule has 24 heavy (non-hydrogen) atoms. The number of thioether (sulfide) groups is 1. The fourth-order valence-corrected chi connectivity index (χ4v) is 5.49. The van der Waals surface area contributed by atoms with Crippen molar-refractivity contribution in [3.63, 3.8) is 0 Å². The summed E-state index contributed by atoms with van der Waals surface area (Å²) < 4.78 is 8.56. The fraction of sp³-hybridized carbons (Fsp3) is 0.500. The minimum Gasteiger partial charge on any atom is -0.497 e. The van der Waals surface area contributed by atoms with Gasteiger partial charge in [-0.25, -0.2) is 4.79 Å². The number of nitrogens with zero attached hydrogens (tertiary/aromatic N) is 2. The SMILES string of the molecule is COc1ccc(Cn2c(O)c3n(c2=O)C2(CCCCC2)SC3)cc1. The van der Waals surface area contributed by atoms with Gasteiger partial charge in [0.25, 0.3) is 0 Å². The summed E-state index contributed by atoms with van der Waals surface area (Å²) in [6.07, 6.45) is 5.60. The summed E-state index contributed by atoms with van der Waals surface area (Å²) in [6, 6.07) is 7.61. The van der Waals surface area contributed by atoms with Gasteiger partial charge < -0.3 is 9.84 Å². The molecule has 1 fully saturated rings. The Labute approximate surface area is 145 Å². The Kier molecular flexibility index (Phi) is 3.87. The molecule has 0 amide bonds. The van der Waals surface area contributed by atoms with E-state index >= 15 is 0 Å². The number of methoxy groups -OCH3 is 1. The van der Waals surface area contributed by atoms with Gasteiger partial charge in [0.1, 0.15) is 5.75 Å². The second-order valence-corrected chi connectivity index (χ2v) is 7.96. The predicted molar refractivity (Wildman–Crippen MR) is 94.8 cm³/mol. The van der Waals surface area contributed by atoms with Gasteiger partial charge in [-0.2, -0.15) is 0 Å². The highest BCUT2D eigenvalue weighted by atomic mass is 32.2. The molecule has 128 valence electrons. The van der Waals surface area contributed by atoms with Crippen LogP contribution < -0.4 is 10.4 Å². The third-order valence-electron chi connectivity index (χ3n) is 5.23. The molecule has 0 unspecified atom stereocenters. The third-order valence-corrected chi connectivity index (χ3v) is 6.77. The molecule has 2 heterocycles. The van der Waals surface area contributed by atoms with Crippen molar-refractivity contribution >= 4 is 11.8 Å². The van der Waals surface area contributed by atoms with Crippen molar-refractivity contribution in [3.05, 3.63) is 46.0 Å². The molecule has 1 N–H and O–H groups in total. The number of fused-ring (bicyclic) bond motifs is 2. The Morgan fingerprint density at radius 1 is 1.21 bits per heavy atom. The number of hydrogen-bond donors (Lipinski definition) is 1. The zero-order valence-corrected chi connectivity index (χ0v) is 14.6. The van der Waals surface area contributed by atoms with Gasteiger partial charge >= 0.3 is 5.69 Å². The molecule has 4 rings (SSSR count). The van der Waals surface area contributed by atoms with Crippen LogP contribution in [0.1, 0.15) is 43.4 Å². The molecule has 1 saturated carbocycles. The summed E-state index contributed by atoms with van der Waals surface area (Å²) in [6.45, 7) is 0.384. The van der Waals surface area contributed by atoms with Crippen molar-refractivity contribution in [1.82, 2.24) is 9.13 Å². The van der Waals surface area contributed by atoms with Crippen LogP contribution in [0.2, 0.25) is 0 Å². The Morgan fingerprint density at radius 3 is 2.58 bits per heavy atom. The van der Waals surface area contributed by atoms with Crippen molar-refractivity contribution in [3.8, 4) is 11.6 Å². The molecule has 2 aromatic rings. The van der Waals surface area contributed by atoms with E-state index in [4.69, 9.17) is 4.74 Å². The van der Waals surface area contributed by atoms with Gasteiger partial charge in [0, 0.05) is 5.75 Å². The smallest absolute Gasteiger partial charge is 0.332 e. The van der Waals surface area contributed by atoms with Crippen molar-refractivity contribution in [1.29, 1.82) is 0 Å². The van der Waals surface area contributed by atoms with E-state index in [0.717, 1.165) is 48.4 Å². The first-order valence-corrected chi connectivity index (χ1v) is 9.44. The largest absolute Gasteiger partial charge is 0.497 e. The number of ether oxygens (including phenoxy) is 1. The van der Waals surface area contributed by atoms with E-state index in [1.807, 2.05) is 40.6 Å². The third kappa shape index (κ3) is 2.35. The Morgan fingerprint density at radius 2 is 1.92 bits per heavy atom. The molecule has 1 aliphatic carbocycles. The van der Waals surface area contributed by atoms with Gasteiger partial charge in [0.05, 0.1) is 24.2 Å². The fourth-order valence-electron chi connectivity index (χ4n) is 3.93. The average molecular weight is 346 g/mol. The van der Waals surface area contributed by atoms with Crippen LogP contribution in [0, 0.1) is 0 Å².